The number of halogens is 3. The van der Waals surface area contributed by atoms with Gasteiger partial charge in [0, 0.05) is 19.0 Å². The van der Waals surface area contributed by atoms with Crippen LogP contribution in [0.25, 0.3) is 0 Å². The maximum absolute atomic E-state index is 12.5. The van der Waals surface area contributed by atoms with Gasteiger partial charge in [-0.05, 0) is 39.1 Å². The predicted molar refractivity (Wildman–Crippen MR) is 76.9 cm³/mol. The van der Waals surface area contributed by atoms with E-state index in [0.717, 1.165) is 12.1 Å². The van der Waals surface area contributed by atoms with Crippen LogP contribution in [0, 0.1) is 0 Å². The molecule has 7 heteroatoms. The second kappa shape index (κ2) is 6.80. The largest absolute Gasteiger partial charge is 0.416 e. The average molecular weight is 303 g/mol. The number of hydrogen-bond donors (Lipinski definition) is 2. The number of nitrogens with zero attached hydrogens (tertiary/aromatic N) is 1. The molecule has 0 spiro atoms. The molecular weight excluding hydrogens is 283 g/mol. The molecule has 0 bridgehead atoms. The summed E-state index contributed by atoms with van der Waals surface area (Å²) in [5.41, 5.74) is 4.80. The lowest BCUT2D eigenvalue weighted by atomic mass is 10.1. The molecule has 0 saturated carbocycles. The Morgan fingerprint density at radius 1 is 1.38 bits per heavy atom. The van der Waals surface area contributed by atoms with Crippen LogP contribution in [0.2, 0.25) is 0 Å². The molecule has 0 fully saturated rings. The third kappa shape index (κ3) is 5.26. The summed E-state index contributed by atoms with van der Waals surface area (Å²) in [7, 11) is 1.89. The van der Waals surface area contributed by atoms with Gasteiger partial charge in [0.2, 0.25) is 5.91 Å². The molecule has 0 unspecified atom stereocenters. The van der Waals surface area contributed by atoms with Gasteiger partial charge in [0.1, 0.15) is 0 Å². The van der Waals surface area contributed by atoms with Gasteiger partial charge in [0.15, 0.2) is 0 Å². The molecule has 0 atom stereocenters. The molecule has 0 aliphatic heterocycles. The Hall–Kier alpha value is -1.76. The Kier molecular flexibility index (Phi) is 5.60. The van der Waals surface area contributed by atoms with Crippen LogP contribution in [0.4, 0.5) is 24.5 Å². The lowest BCUT2D eigenvalue weighted by Gasteiger charge is -2.20. The Balaban J connectivity index is 2.65. The molecule has 1 amide bonds. The second-order valence-electron chi connectivity index (χ2n) is 5.17. The van der Waals surface area contributed by atoms with Crippen LogP contribution < -0.4 is 11.1 Å². The number of anilines is 2. The van der Waals surface area contributed by atoms with Gasteiger partial charge in [-0.15, -0.1) is 0 Å². The van der Waals surface area contributed by atoms with Crippen molar-refractivity contribution in [2.24, 2.45) is 0 Å². The highest BCUT2D eigenvalue weighted by Crippen LogP contribution is 2.32. The Labute approximate surface area is 122 Å². The van der Waals surface area contributed by atoms with E-state index in [1.165, 1.54) is 6.07 Å². The molecule has 1 aromatic rings. The van der Waals surface area contributed by atoms with Crippen molar-refractivity contribution >= 4 is 17.3 Å². The van der Waals surface area contributed by atoms with Crippen LogP contribution in [0.1, 0.15) is 25.8 Å². The normalized spacial score (nSPS) is 12.0. The fourth-order valence-corrected chi connectivity index (χ4v) is 1.60. The Bertz CT molecular complexity index is 501. The predicted octanol–water partition coefficient (Wildman–Crippen LogP) is 2.96. The van der Waals surface area contributed by atoms with Crippen LogP contribution in [0.5, 0.6) is 0 Å². The minimum Gasteiger partial charge on any atom is -0.397 e. The third-order valence-electron chi connectivity index (χ3n) is 3.23. The van der Waals surface area contributed by atoms with Gasteiger partial charge in [-0.2, -0.15) is 13.2 Å². The molecule has 0 aliphatic rings. The number of benzene rings is 1. The Morgan fingerprint density at radius 3 is 2.48 bits per heavy atom. The Morgan fingerprint density at radius 2 is 2.00 bits per heavy atom. The first-order valence-corrected chi connectivity index (χ1v) is 6.58. The molecule has 1 rings (SSSR count). The highest BCUT2D eigenvalue weighted by Gasteiger charge is 2.30. The summed E-state index contributed by atoms with van der Waals surface area (Å²) in [4.78, 5) is 13.8. The molecule has 0 aliphatic carbocycles. The molecule has 118 valence electrons. The number of hydrogen-bond acceptors (Lipinski definition) is 3. The fraction of sp³-hybridized carbons (Fsp3) is 0.500. The number of nitrogens with one attached hydrogen (secondary N) is 1. The SMILES string of the molecule is CC(C)N(C)CCC(=O)Nc1ccc(C(F)(F)F)cc1N. The lowest BCUT2D eigenvalue weighted by Crippen LogP contribution is -2.30. The molecule has 0 radical (unpaired) electrons. The summed E-state index contributed by atoms with van der Waals surface area (Å²) < 4.78 is 37.5. The van der Waals surface area contributed by atoms with Gasteiger partial charge in [-0.3, -0.25) is 4.79 Å². The van der Waals surface area contributed by atoms with Crippen molar-refractivity contribution in [2.75, 3.05) is 24.6 Å². The van der Waals surface area contributed by atoms with Crippen LogP contribution in [-0.2, 0) is 11.0 Å². The number of rotatable bonds is 5. The third-order valence-corrected chi connectivity index (χ3v) is 3.23. The van der Waals surface area contributed by atoms with E-state index in [9.17, 15) is 18.0 Å². The highest BCUT2D eigenvalue weighted by atomic mass is 19.4. The van der Waals surface area contributed by atoms with Gasteiger partial charge >= 0.3 is 6.18 Å². The van der Waals surface area contributed by atoms with E-state index >= 15 is 0 Å². The number of nitrogens with two attached hydrogens (primary N) is 1. The van der Waals surface area contributed by atoms with Crippen molar-refractivity contribution < 1.29 is 18.0 Å². The highest BCUT2D eigenvalue weighted by molar-refractivity contribution is 5.94. The van der Waals surface area contributed by atoms with Gasteiger partial charge in [0.25, 0.3) is 0 Å². The fourth-order valence-electron chi connectivity index (χ4n) is 1.60. The summed E-state index contributed by atoms with van der Waals surface area (Å²) in [6.45, 7) is 4.57. The van der Waals surface area contributed by atoms with Gasteiger partial charge in [-0.25, -0.2) is 0 Å². The maximum Gasteiger partial charge on any atom is 0.416 e. The van der Waals surface area contributed by atoms with Crippen molar-refractivity contribution in [1.29, 1.82) is 0 Å². The molecule has 0 heterocycles. The van der Waals surface area contributed by atoms with Crippen molar-refractivity contribution in [3.63, 3.8) is 0 Å². The topological polar surface area (TPSA) is 58.4 Å². The van der Waals surface area contributed by atoms with Gasteiger partial charge < -0.3 is 16.0 Å². The number of alkyl halides is 3. The number of carbonyl (C=O) groups is 1. The van der Waals surface area contributed by atoms with E-state index in [1.54, 1.807) is 0 Å². The monoisotopic (exact) mass is 303 g/mol. The zero-order valence-electron chi connectivity index (χ0n) is 12.3. The minimum atomic E-state index is -4.45. The molecule has 21 heavy (non-hydrogen) atoms. The van der Waals surface area contributed by atoms with Gasteiger partial charge in [0.05, 0.1) is 16.9 Å². The van der Waals surface area contributed by atoms with E-state index in [2.05, 4.69) is 5.32 Å². The van der Waals surface area contributed by atoms with E-state index in [0.29, 0.717) is 12.6 Å². The molecule has 3 N–H and O–H groups in total. The molecule has 1 aromatic carbocycles. The first-order chi connectivity index (χ1) is 9.61. The molecule has 0 aromatic heterocycles. The second-order valence-corrected chi connectivity index (χ2v) is 5.17. The summed E-state index contributed by atoms with van der Waals surface area (Å²) in [6, 6.07) is 3.19. The van der Waals surface area contributed by atoms with E-state index in [1.807, 2.05) is 25.8 Å². The van der Waals surface area contributed by atoms with Crippen LogP contribution in [0.15, 0.2) is 18.2 Å². The first kappa shape index (κ1) is 17.3. The summed E-state index contributed by atoms with van der Waals surface area (Å²) in [6.07, 6.45) is -4.20. The van der Waals surface area contributed by atoms with E-state index in [4.69, 9.17) is 5.73 Å². The van der Waals surface area contributed by atoms with Crippen molar-refractivity contribution in [1.82, 2.24) is 4.90 Å². The quantitative estimate of drug-likeness (QED) is 0.822. The van der Waals surface area contributed by atoms with Crippen LogP contribution >= 0.6 is 0 Å². The lowest BCUT2D eigenvalue weighted by molar-refractivity contribution is -0.137. The summed E-state index contributed by atoms with van der Waals surface area (Å²) in [5, 5.41) is 2.53. The number of amides is 1. The van der Waals surface area contributed by atoms with Crippen LogP contribution in [0.3, 0.4) is 0 Å². The standard InChI is InChI=1S/C14H20F3N3O/c1-9(2)20(3)7-6-13(21)19-12-5-4-10(8-11(12)18)14(15,16)17/h4-5,8-9H,6-7,18H2,1-3H3,(H,19,21). The van der Waals surface area contributed by atoms with Gasteiger partial charge in [-0.1, -0.05) is 0 Å². The average Bonchev–Trinajstić information content (AvgIpc) is 2.36. The first-order valence-electron chi connectivity index (χ1n) is 6.58. The molecule has 4 nitrogen and oxygen atoms in total. The molecule has 0 saturated heterocycles. The van der Waals surface area contributed by atoms with Crippen LogP contribution in [-0.4, -0.2) is 30.4 Å². The van der Waals surface area contributed by atoms with Crippen molar-refractivity contribution in [3.05, 3.63) is 23.8 Å². The molecular formula is C14H20F3N3O. The zero-order chi connectivity index (χ0) is 16.2. The van der Waals surface area contributed by atoms with Crippen molar-refractivity contribution in [2.45, 2.75) is 32.5 Å². The maximum atomic E-state index is 12.5. The van der Waals surface area contributed by atoms with E-state index in [-0.39, 0.29) is 23.7 Å². The summed E-state index contributed by atoms with van der Waals surface area (Å²) >= 11 is 0. The summed E-state index contributed by atoms with van der Waals surface area (Å²) in [5.74, 6) is -0.283. The number of carbonyl (C=O) groups excluding carboxylic acids is 1. The smallest absolute Gasteiger partial charge is 0.397 e. The minimum absolute atomic E-state index is 0.101. The zero-order valence-corrected chi connectivity index (χ0v) is 12.3. The van der Waals surface area contributed by atoms with Crippen molar-refractivity contribution in [3.8, 4) is 0 Å². The van der Waals surface area contributed by atoms with E-state index < -0.39 is 11.7 Å². The number of nitrogen functional groups attached to an aromatic ring is 1.